The molecule has 0 saturated carbocycles. The van der Waals surface area contributed by atoms with Gasteiger partial charge < -0.3 is 4.74 Å². The van der Waals surface area contributed by atoms with Gasteiger partial charge in [0.1, 0.15) is 5.02 Å². The van der Waals surface area contributed by atoms with Gasteiger partial charge in [-0.25, -0.2) is 0 Å². The summed E-state index contributed by atoms with van der Waals surface area (Å²) in [5.74, 6) is 0. The third-order valence-electron chi connectivity index (χ3n) is 2.15. The largest absolute Gasteiger partial charge is 0.377 e. The Morgan fingerprint density at radius 1 is 1.50 bits per heavy atom. The van der Waals surface area contributed by atoms with Gasteiger partial charge in [0, 0.05) is 6.61 Å². The summed E-state index contributed by atoms with van der Waals surface area (Å²) in [6, 6.07) is 4.86. The zero-order valence-electron chi connectivity index (χ0n) is 9.11. The standard InChI is InChI=1S/C11H14ClNO3/c1-2-3-7-16-8-9-5-4-6-10(12)11(9)13(14)15/h4-6H,2-3,7-8H2,1H3. The number of hydrogen-bond donors (Lipinski definition) is 0. The quantitative estimate of drug-likeness (QED) is 0.436. The van der Waals surface area contributed by atoms with Gasteiger partial charge in [0.05, 0.1) is 17.1 Å². The number of rotatable bonds is 6. The van der Waals surface area contributed by atoms with Gasteiger partial charge in [0.2, 0.25) is 0 Å². The van der Waals surface area contributed by atoms with Crippen molar-refractivity contribution in [1.82, 2.24) is 0 Å². The molecule has 0 aliphatic rings. The molecule has 0 bridgehead atoms. The topological polar surface area (TPSA) is 52.4 Å². The fourth-order valence-corrected chi connectivity index (χ4v) is 1.57. The van der Waals surface area contributed by atoms with Gasteiger partial charge in [-0.15, -0.1) is 0 Å². The first-order chi connectivity index (χ1) is 7.66. The van der Waals surface area contributed by atoms with Gasteiger partial charge in [0.25, 0.3) is 5.69 Å². The van der Waals surface area contributed by atoms with Gasteiger partial charge in [-0.2, -0.15) is 0 Å². The molecule has 0 aromatic heterocycles. The molecule has 0 N–H and O–H groups in total. The number of unbranched alkanes of at least 4 members (excludes halogenated alkanes) is 1. The van der Waals surface area contributed by atoms with Crippen molar-refractivity contribution < 1.29 is 9.66 Å². The van der Waals surface area contributed by atoms with E-state index >= 15 is 0 Å². The van der Waals surface area contributed by atoms with Gasteiger partial charge in [0.15, 0.2) is 0 Å². The van der Waals surface area contributed by atoms with E-state index in [0.29, 0.717) is 12.2 Å². The molecule has 0 fully saturated rings. The summed E-state index contributed by atoms with van der Waals surface area (Å²) in [4.78, 5) is 10.3. The number of para-hydroxylation sites is 1. The van der Waals surface area contributed by atoms with Crippen molar-refractivity contribution in [3.63, 3.8) is 0 Å². The first kappa shape index (κ1) is 12.9. The van der Waals surface area contributed by atoms with Gasteiger partial charge in [-0.1, -0.05) is 31.0 Å². The van der Waals surface area contributed by atoms with Crippen LogP contribution in [0.2, 0.25) is 5.02 Å². The summed E-state index contributed by atoms with van der Waals surface area (Å²) in [6.45, 7) is 2.90. The second-order valence-corrected chi connectivity index (χ2v) is 3.82. The first-order valence-corrected chi connectivity index (χ1v) is 5.54. The summed E-state index contributed by atoms with van der Waals surface area (Å²) < 4.78 is 5.34. The molecule has 0 unspecified atom stereocenters. The van der Waals surface area contributed by atoms with E-state index in [-0.39, 0.29) is 17.3 Å². The molecule has 4 nitrogen and oxygen atoms in total. The monoisotopic (exact) mass is 243 g/mol. The van der Waals surface area contributed by atoms with Crippen LogP contribution in [0, 0.1) is 10.1 Å². The van der Waals surface area contributed by atoms with Crippen LogP contribution >= 0.6 is 11.6 Å². The SMILES string of the molecule is CCCCOCc1cccc(Cl)c1[N+](=O)[O-]. The molecule has 1 aromatic rings. The third-order valence-corrected chi connectivity index (χ3v) is 2.46. The van der Waals surface area contributed by atoms with E-state index < -0.39 is 4.92 Å². The van der Waals surface area contributed by atoms with Crippen LogP contribution in [0.25, 0.3) is 0 Å². The minimum absolute atomic E-state index is 0.0549. The normalized spacial score (nSPS) is 10.4. The lowest BCUT2D eigenvalue weighted by Crippen LogP contribution is -2.00. The van der Waals surface area contributed by atoms with Crippen molar-refractivity contribution in [3.05, 3.63) is 38.9 Å². The minimum Gasteiger partial charge on any atom is -0.377 e. The molecule has 0 heterocycles. The number of ether oxygens (including phenoxy) is 1. The van der Waals surface area contributed by atoms with Crippen LogP contribution in [0.4, 0.5) is 5.69 Å². The molecule has 88 valence electrons. The highest BCUT2D eigenvalue weighted by Gasteiger charge is 2.17. The molecule has 0 aliphatic heterocycles. The molecular weight excluding hydrogens is 230 g/mol. The van der Waals surface area contributed by atoms with E-state index in [1.54, 1.807) is 12.1 Å². The highest BCUT2D eigenvalue weighted by Crippen LogP contribution is 2.28. The fourth-order valence-electron chi connectivity index (χ4n) is 1.31. The van der Waals surface area contributed by atoms with Crippen LogP contribution in [0.15, 0.2) is 18.2 Å². The summed E-state index contributed by atoms with van der Waals surface area (Å²) in [5, 5.41) is 11.0. The maximum absolute atomic E-state index is 10.8. The molecule has 1 rings (SSSR count). The van der Waals surface area contributed by atoms with Crippen molar-refractivity contribution in [3.8, 4) is 0 Å². The van der Waals surface area contributed by atoms with Crippen LogP contribution in [-0.2, 0) is 11.3 Å². The third kappa shape index (κ3) is 3.47. The van der Waals surface area contributed by atoms with Crippen LogP contribution < -0.4 is 0 Å². The molecule has 1 aromatic carbocycles. The summed E-state index contributed by atoms with van der Waals surface area (Å²) in [5.41, 5.74) is 0.467. The lowest BCUT2D eigenvalue weighted by Gasteiger charge is -2.05. The molecule has 5 heteroatoms. The number of halogens is 1. The number of hydrogen-bond acceptors (Lipinski definition) is 3. The summed E-state index contributed by atoms with van der Waals surface area (Å²) in [6.07, 6.45) is 1.99. The molecule has 0 atom stereocenters. The average Bonchev–Trinajstić information content (AvgIpc) is 2.24. The Hall–Kier alpha value is -1.13. The lowest BCUT2D eigenvalue weighted by atomic mass is 10.2. The number of nitro groups is 1. The van der Waals surface area contributed by atoms with Crippen molar-refractivity contribution in [2.75, 3.05) is 6.61 Å². The van der Waals surface area contributed by atoms with Crippen LogP contribution in [0.5, 0.6) is 0 Å². The van der Waals surface area contributed by atoms with Crippen molar-refractivity contribution >= 4 is 17.3 Å². The molecule has 0 spiro atoms. The Morgan fingerprint density at radius 2 is 2.25 bits per heavy atom. The minimum atomic E-state index is -0.471. The van der Waals surface area contributed by atoms with E-state index in [0.717, 1.165) is 12.8 Å². The maximum atomic E-state index is 10.8. The Balaban J connectivity index is 2.71. The zero-order valence-corrected chi connectivity index (χ0v) is 9.87. The average molecular weight is 244 g/mol. The zero-order chi connectivity index (χ0) is 12.0. The fraction of sp³-hybridized carbons (Fsp3) is 0.455. The van der Waals surface area contributed by atoms with Crippen LogP contribution in [0.1, 0.15) is 25.3 Å². The molecule has 0 aliphatic carbocycles. The van der Waals surface area contributed by atoms with Crippen molar-refractivity contribution in [2.24, 2.45) is 0 Å². The summed E-state index contributed by atoms with van der Waals surface area (Å²) >= 11 is 5.77. The second-order valence-electron chi connectivity index (χ2n) is 3.41. The van der Waals surface area contributed by atoms with Gasteiger partial charge in [-0.05, 0) is 18.6 Å². The van der Waals surface area contributed by atoms with Gasteiger partial charge in [-0.3, -0.25) is 10.1 Å². The van der Waals surface area contributed by atoms with E-state index in [9.17, 15) is 10.1 Å². The highest BCUT2D eigenvalue weighted by atomic mass is 35.5. The van der Waals surface area contributed by atoms with Crippen molar-refractivity contribution in [1.29, 1.82) is 0 Å². The molecule has 0 radical (unpaired) electrons. The molecule has 0 saturated heterocycles. The predicted octanol–water partition coefficient (Wildman–Crippen LogP) is 3.56. The lowest BCUT2D eigenvalue weighted by molar-refractivity contribution is -0.385. The Kier molecular flexibility index (Phi) is 5.22. The molecule has 0 amide bonds. The first-order valence-electron chi connectivity index (χ1n) is 5.16. The Bertz CT molecular complexity index is 368. The second kappa shape index (κ2) is 6.45. The van der Waals surface area contributed by atoms with Crippen LogP contribution in [0.3, 0.4) is 0 Å². The van der Waals surface area contributed by atoms with E-state index in [1.165, 1.54) is 6.07 Å². The van der Waals surface area contributed by atoms with Gasteiger partial charge >= 0.3 is 0 Å². The predicted molar refractivity (Wildman–Crippen MR) is 62.7 cm³/mol. The number of nitrogens with zero attached hydrogens (tertiary/aromatic N) is 1. The van der Waals surface area contributed by atoms with E-state index in [1.807, 2.05) is 0 Å². The highest BCUT2D eigenvalue weighted by molar-refractivity contribution is 6.32. The van der Waals surface area contributed by atoms with E-state index in [4.69, 9.17) is 16.3 Å². The Labute approximate surface area is 99.3 Å². The Morgan fingerprint density at radius 3 is 2.88 bits per heavy atom. The van der Waals surface area contributed by atoms with Crippen molar-refractivity contribution in [2.45, 2.75) is 26.4 Å². The number of nitro benzene ring substituents is 1. The molecule has 16 heavy (non-hydrogen) atoms. The van der Waals surface area contributed by atoms with Crippen LogP contribution in [-0.4, -0.2) is 11.5 Å². The number of benzene rings is 1. The summed E-state index contributed by atoms with van der Waals surface area (Å²) in [7, 11) is 0. The maximum Gasteiger partial charge on any atom is 0.293 e. The van der Waals surface area contributed by atoms with E-state index in [2.05, 4.69) is 6.92 Å². The molecular formula is C11H14ClNO3. The smallest absolute Gasteiger partial charge is 0.293 e.